The van der Waals surface area contributed by atoms with E-state index < -0.39 is 8.32 Å². The molecule has 0 aliphatic heterocycles. The van der Waals surface area contributed by atoms with Crippen LogP contribution in [0.15, 0.2) is 11.7 Å². The van der Waals surface area contributed by atoms with Gasteiger partial charge in [-0.1, -0.05) is 53.4 Å². The normalized spacial score (nSPS) is 25.5. The number of nitrogens with one attached hydrogen (secondary N) is 1. The molecule has 2 aliphatic carbocycles. The molecule has 0 radical (unpaired) electrons. The second-order valence-electron chi connectivity index (χ2n) is 11.7. The SMILES string of the molecule is CC[C@@H]1C[C@@H](c2csc3c(NCC4CCCCC4)ncnc23)C[C@@H]1O[Si](C)(C)C(C)(C)C. The van der Waals surface area contributed by atoms with Crippen molar-refractivity contribution in [1.29, 1.82) is 0 Å². The molecule has 2 saturated carbocycles. The highest BCUT2D eigenvalue weighted by atomic mass is 32.1. The second kappa shape index (κ2) is 9.71. The zero-order valence-electron chi connectivity index (χ0n) is 21.0. The molecular formula is C26H43N3OSSi. The minimum absolute atomic E-state index is 0.255. The van der Waals surface area contributed by atoms with Crippen molar-refractivity contribution in [2.75, 3.05) is 11.9 Å². The number of anilines is 1. The average Bonchev–Trinajstić information content (AvgIpc) is 3.35. The van der Waals surface area contributed by atoms with Crippen LogP contribution in [-0.2, 0) is 4.43 Å². The van der Waals surface area contributed by atoms with Crippen molar-refractivity contribution >= 4 is 35.7 Å². The van der Waals surface area contributed by atoms with Gasteiger partial charge >= 0.3 is 0 Å². The number of hydrogen-bond acceptors (Lipinski definition) is 5. The van der Waals surface area contributed by atoms with Gasteiger partial charge in [0.2, 0.25) is 0 Å². The van der Waals surface area contributed by atoms with E-state index in [0.29, 0.717) is 17.9 Å². The minimum Gasteiger partial charge on any atom is -0.414 e. The smallest absolute Gasteiger partial charge is 0.192 e. The lowest BCUT2D eigenvalue weighted by Crippen LogP contribution is -2.44. The highest BCUT2D eigenvalue weighted by Crippen LogP contribution is 2.48. The largest absolute Gasteiger partial charge is 0.414 e. The first-order valence-corrected chi connectivity index (χ1v) is 16.6. The Morgan fingerprint density at radius 2 is 1.88 bits per heavy atom. The minimum atomic E-state index is -1.77. The van der Waals surface area contributed by atoms with Crippen molar-refractivity contribution in [2.24, 2.45) is 11.8 Å². The average molecular weight is 474 g/mol. The highest BCUT2D eigenvalue weighted by molar-refractivity contribution is 7.18. The zero-order chi connectivity index (χ0) is 22.9. The van der Waals surface area contributed by atoms with Gasteiger partial charge in [-0.05, 0) is 72.5 Å². The molecule has 1 N–H and O–H groups in total. The molecule has 0 aromatic carbocycles. The first-order valence-electron chi connectivity index (χ1n) is 12.8. The van der Waals surface area contributed by atoms with Crippen LogP contribution in [0.25, 0.3) is 10.2 Å². The maximum atomic E-state index is 6.93. The van der Waals surface area contributed by atoms with Gasteiger partial charge in [-0.15, -0.1) is 11.3 Å². The molecule has 2 aromatic heterocycles. The van der Waals surface area contributed by atoms with Crippen molar-refractivity contribution in [3.05, 3.63) is 17.3 Å². The molecule has 2 heterocycles. The Labute approximate surface area is 200 Å². The summed E-state index contributed by atoms with van der Waals surface area (Å²) >= 11 is 1.82. The predicted molar refractivity (Wildman–Crippen MR) is 140 cm³/mol. The van der Waals surface area contributed by atoms with E-state index in [-0.39, 0.29) is 5.04 Å². The van der Waals surface area contributed by atoms with Crippen molar-refractivity contribution in [3.8, 4) is 0 Å². The molecule has 0 amide bonds. The van der Waals surface area contributed by atoms with Crippen molar-refractivity contribution in [3.63, 3.8) is 0 Å². The van der Waals surface area contributed by atoms with Gasteiger partial charge in [0.1, 0.15) is 12.1 Å². The summed E-state index contributed by atoms with van der Waals surface area (Å²) in [7, 11) is -1.77. The van der Waals surface area contributed by atoms with Gasteiger partial charge in [-0.25, -0.2) is 9.97 Å². The summed E-state index contributed by atoms with van der Waals surface area (Å²) in [4.78, 5) is 9.38. The molecule has 0 spiro atoms. The third-order valence-corrected chi connectivity index (χ3v) is 14.0. The zero-order valence-corrected chi connectivity index (χ0v) is 22.9. The van der Waals surface area contributed by atoms with E-state index in [9.17, 15) is 0 Å². The second-order valence-corrected chi connectivity index (χ2v) is 17.4. The lowest BCUT2D eigenvalue weighted by atomic mass is 9.89. The number of hydrogen-bond donors (Lipinski definition) is 1. The molecular weight excluding hydrogens is 430 g/mol. The molecule has 3 atom stereocenters. The fraction of sp³-hybridized carbons (Fsp3) is 0.769. The lowest BCUT2D eigenvalue weighted by molar-refractivity contribution is 0.138. The molecule has 178 valence electrons. The van der Waals surface area contributed by atoms with Gasteiger partial charge in [0.05, 0.1) is 10.2 Å². The monoisotopic (exact) mass is 473 g/mol. The quantitative estimate of drug-likeness (QED) is 0.414. The molecule has 0 bridgehead atoms. The Bertz CT molecular complexity index is 900. The van der Waals surface area contributed by atoms with Crippen LogP contribution in [0.5, 0.6) is 0 Å². The van der Waals surface area contributed by atoms with E-state index in [4.69, 9.17) is 9.41 Å². The summed E-state index contributed by atoms with van der Waals surface area (Å²) in [5, 5.41) is 6.29. The lowest BCUT2D eigenvalue weighted by Gasteiger charge is -2.39. The van der Waals surface area contributed by atoms with Crippen molar-refractivity contribution < 1.29 is 4.43 Å². The Hall–Kier alpha value is -0.983. The van der Waals surface area contributed by atoms with E-state index in [1.54, 1.807) is 6.33 Å². The summed E-state index contributed by atoms with van der Waals surface area (Å²) in [5.74, 6) is 3.02. The van der Waals surface area contributed by atoms with Crippen LogP contribution in [0, 0.1) is 11.8 Å². The molecule has 0 saturated heterocycles. The van der Waals surface area contributed by atoms with E-state index >= 15 is 0 Å². The fourth-order valence-electron chi connectivity index (χ4n) is 5.39. The highest BCUT2D eigenvalue weighted by Gasteiger charge is 2.44. The van der Waals surface area contributed by atoms with E-state index in [1.807, 2.05) is 11.3 Å². The van der Waals surface area contributed by atoms with Crippen LogP contribution in [0.2, 0.25) is 18.1 Å². The first-order chi connectivity index (χ1) is 15.2. The Balaban J connectivity index is 1.50. The molecule has 2 fully saturated rings. The van der Waals surface area contributed by atoms with Gasteiger partial charge in [0.25, 0.3) is 0 Å². The third kappa shape index (κ3) is 5.07. The number of fused-ring (bicyclic) bond motifs is 1. The van der Waals surface area contributed by atoms with Gasteiger partial charge in [0, 0.05) is 12.6 Å². The van der Waals surface area contributed by atoms with Gasteiger partial charge < -0.3 is 9.74 Å². The summed E-state index contributed by atoms with van der Waals surface area (Å²) < 4.78 is 8.17. The number of nitrogens with zero attached hydrogens (tertiary/aromatic N) is 2. The summed E-state index contributed by atoms with van der Waals surface area (Å²) in [6.45, 7) is 15.2. The number of thiophene rings is 1. The van der Waals surface area contributed by atoms with Crippen LogP contribution in [-0.4, -0.2) is 30.9 Å². The van der Waals surface area contributed by atoms with Crippen LogP contribution in [0.3, 0.4) is 0 Å². The van der Waals surface area contributed by atoms with E-state index in [1.165, 1.54) is 60.7 Å². The van der Waals surface area contributed by atoms with Crippen molar-refractivity contribution in [2.45, 2.75) is 109 Å². The molecule has 6 heteroatoms. The Kier molecular flexibility index (Phi) is 7.33. The topological polar surface area (TPSA) is 47.0 Å². The third-order valence-electron chi connectivity index (χ3n) is 8.51. The van der Waals surface area contributed by atoms with Crippen LogP contribution in [0.1, 0.15) is 90.5 Å². The van der Waals surface area contributed by atoms with Crippen LogP contribution >= 0.6 is 11.3 Å². The van der Waals surface area contributed by atoms with Crippen LogP contribution in [0.4, 0.5) is 5.82 Å². The standard InChI is InChI=1S/C26H43N3OSSi/c1-7-19-13-20(14-22(19)30-32(5,6)26(2,3)4)21-16-31-24-23(21)28-17-29-25(24)27-15-18-11-9-8-10-12-18/h16-20,22H,7-15H2,1-6H3,(H,27,28,29)/t19-,20-,22+/m1/s1. The summed E-state index contributed by atoms with van der Waals surface area (Å²) in [5.41, 5.74) is 2.59. The molecule has 2 aliphatic rings. The van der Waals surface area contributed by atoms with Gasteiger partial charge in [-0.3, -0.25) is 0 Å². The Morgan fingerprint density at radius 1 is 1.12 bits per heavy atom. The molecule has 4 rings (SSSR count). The number of rotatable bonds is 7. The molecule has 2 aromatic rings. The molecule has 32 heavy (non-hydrogen) atoms. The molecule has 4 nitrogen and oxygen atoms in total. The maximum Gasteiger partial charge on any atom is 0.192 e. The van der Waals surface area contributed by atoms with Crippen molar-refractivity contribution in [1.82, 2.24) is 9.97 Å². The fourth-order valence-corrected chi connectivity index (χ4v) is 7.85. The first kappa shape index (κ1) is 24.2. The Morgan fingerprint density at radius 3 is 2.56 bits per heavy atom. The van der Waals surface area contributed by atoms with E-state index in [2.05, 4.69) is 56.5 Å². The number of aromatic nitrogens is 2. The van der Waals surface area contributed by atoms with Gasteiger partial charge in [-0.2, -0.15) is 0 Å². The maximum absolute atomic E-state index is 6.93. The predicted octanol–water partition coefficient (Wildman–Crippen LogP) is 7.98. The van der Waals surface area contributed by atoms with Gasteiger partial charge in [0.15, 0.2) is 8.32 Å². The molecule has 0 unspecified atom stereocenters. The van der Waals surface area contributed by atoms with Crippen LogP contribution < -0.4 is 5.32 Å². The summed E-state index contributed by atoms with van der Waals surface area (Å²) in [6.07, 6.45) is 12.6. The van der Waals surface area contributed by atoms with E-state index in [0.717, 1.165) is 24.7 Å². The summed E-state index contributed by atoms with van der Waals surface area (Å²) in [6, 6.07) is 0.